The smallest absolute Gasteiger partial charge is 0.200 e. The number of rotatable bonds is 17. The summed E-state index contributed by atoms with van der Waals surface area (Å²) in [4.78, 5) is 49.3. The van der Waals surface area contributed by atoms with Gasteiger partial charge in [-0.3, -0.25) is 14.4 Å². The molecule has 1 saturated carbocycles. The molecule has 1 fully saturated rings. The first-order valence-corrected chi connectivity index (χ1v) is 16.7. The standard InChI is InChI=1S/C22H28N4O6.C14H20O4.2ClH/c27-11-9-23-5-7-25-13-1-2-14(26-8-6-24-10-12-28)18-17(13)21(31)19-15(29)3-4-16(30)20(19)22(18)32;1-2-3-4-5-6-7-10-8-12(16)14(18)13(17)11(10)9-15;;/h1-4,23-30H,5-12H2;4-7,9-12,14,16,18H,2-3,8H2,1H3;2*1H. The van der Waals surface area contributed by atoms with Gasteiger partial charge in [0.2, 0.25) is 11.6 Å². The van der Waals surface area contributed by atoms with Gasteiger partial charge in [0.15, 0.2) is 5.78 Å². The number of aromatic hydroxyl groups is 2. The highest BCUT2D eigenvalue weighted by atomic mass is 35.5. The quantitative estimate of drug-likeness (QED) is 0.0310. The lowest BCUT2D eigenvalue weighted by Gasteiger charge is -2.31. The van der Waals surface area contributed by atoms with Crippen LogP contribution in [0.3, 0.4) is 0 Å². The molecule has 4 unspecified atom stereocenters. The average Bonchev–Trinajstić information content (AvgIpc) is 3.10. The van der Waals surface area contributed by atoms with Gasteiger partial charge in [-0.15, -0.1) is 24.8 Å². The summed E-state index contributed by atoms with van der Waals surface area (Å²) in [6.07, 6.45) is 7.72. The number of anilines is 2. The van der Waals surface area contributed by atoms with Crippen molar-refractivity contribution >= 4 is 59.8 Å². The number of ketones is 3. The maximum absolute atomic E-state index is 13.4. The maximum atomic E-state index is 13.4. The zero-order valence-corrected chi connectivity index (χ0v) is 30.5. The number of phenolic OH excluding ortho intramolecular Hbond substituents is 2. The van der Waals surface area contributed by atoms with E-state index in [1.807, 2.05) is 12.2 Å². The van der Waals surface area contributed by atoms with Gasteiger partial charge >= 0.3 is 0 Å². The number of halogens is 2. The Bertz CT molecular complexity index is 1480. The van der Waals surface area contributed by atoms with Gasteiger partial charge in [-0.05, 0) is 43.0 Å². The van der Waals surface area contributed by atoms with Crippen molar-refractivity contribution < 1.29 is 49.8 Å². The number of carbonyl (C=O) groups is 4. The number of aldehydes is 1. The molecule has 0 aromatic heterocycles. The van der Waals surface area contributed by atoms with Crippen LogP contribution in [0.25, 0.3) is 0 Å². The third kappa shape index (κ3) is 11.8. The van der Waals surface area contributed by atoms with E-state index in [2.05, 4.69) is 28.2 Å². The molecule has 288 valence electrons. The van der Waals surface area contributed by atoms with Crippen LogP contribution in [0.2, 0.25) is 0 Å². The van der Waals surface area contributed by atoms with Gasteiger partial charge < -0.3 is 56.7 Å². The van der Waals surface area contributed by atoms with E-state index in [-0.39, 0.29) is 84.1 Å². The molecule has 16 heteroatoms. The summed E-state index contributed by atoms with van der Waals surface area (Å²) in [5, 5.41) is 69.5. The molecule has 2 aromatic carbocycles. The van der Waals surface area contributed by atoms with Crippen LogP contribution in [-0.4, -0.2) is 119 Å². The lowest BCUT2D eigenvalue weighted by Crippen LogP contribution is -2.47. The molecule has 0 spiro atoms. The van der Waals surface area contributed by atoms with Gasteiger partial charge in [-0.2, -0.15) is 0 Å². The molecule has 14 nitrogen and oxygen atoms in total. The van der Waals surface area contributed by atoms with Crippen molar-refractivity contribution in [3.8, 4) is 11.5 Å². The molecular formula is C36H50Cl2N4O10. The number of nitrogens with one attached hydrogen (secondary N) is 4. The number of hydrogen-bond acceptors (Lipinski definition) is 14. The predicted molar refractivity (Wildman–Crippen MR) is 202 cm³/mol. The van der Waals surface area contributed by atoms with Crippen LogP contribution >= 0.6 is 24.8 Å². The molecule has 2 aromatic rings. The number of hydrogen-bond donors (Lipinski definition) is 10. The highest BCUT2D eigenvalue weighted by Gasteiger charge is 2.41. The van der Waals surface area contributed by atoms with E-state index in [0.717, 1.165) is 12.8 Å². The monoisotopic (exact) mass is 768 g/mol. The van der Waals surface area contributed by atoms with Gasteiger partial charge in [0.1, 0.15) is 23.9 Å². The van der Waals surface area contributed by atoms with Crippen LogP contribution < -0.4 is 21.3 Å². The zero-order valence-electron chi connectivity index (χ0n) is 28.9. The van der Waals surface area contributed by atoms with E-state index in [1.54, 1.807) is 24.3 Å². The van der Waals surface area contributed by atoms with Gasteiger partial charge in [-0.25, -0.2) is 0 Å². The number of benzene rings is 2. The average molecular weight is 770 g/mol. The third-order valence-corrected chi connectivity index (χ3v) is 8.25. The van der Waals surface area contributed by atoms with Crippen LogP contribution in [0, 0.1) is 11.8 Å². The molecule has 0 saturated heterocycles. The second-order valence-corrected chi connectivity index (χ2v) is 11.8. The predicted octanol–water partition coefficient (Wildman–Crippen LogP) is 1.73. The third-order valence-electron chi connectivity index (χ3n) is 8.25. The topological polar surface area (TPSA) is 238 Å². The zero-order chi connectivity index (χ0) is 36.6. The number of allylic oxidation sites excluding steroid dienone is 4. The van der Waals surface area contributed by atoms with E-state index in [1.165, 1.54) is 12.1 Å². The first-order chi connectivity index (χ1) is 24.1. The van der Waals surface area contributed by atoms with Gasteiger partial charge in [0.25, 0.3) is 0 Å². The largest absolute Gasteiger partial charge is 0.507 e. The number of aliphatic hydroxyl groups is 4. The molecule has 0 radical (unpaired) electrons. The molecule has 0 bridgehead atoms. The second kappa shape index (κ2) is 23.7. The first kappa shape index (κ1) is 46.2. The summed E-state index contributed by atoms with van der Waals surface area (Å²) in [5.41, 5.74) is 0.678. The molecule has 4 rings (SSSR count). The molecule has 0 aliphatic heterocycles. The maximum Gasteiger partial charge on any atom is 0.200 e. The molecule has 10 N–H and O–H groups in total. The van der Waals surface area contributed by atoms with Crippen molar-refractivity contribution in [1.29, 1.82) is 0 Å². The Hall–Kier alpha value is -3.86. The molecule has 4 atom stereocenters. The highest BCUT2D eigenvalue weighted by Crippen LogP contribution is 2.42. The van der Waals surface area contributed by atoms with Crippen LogP contribution in [-0.2, 0) is 9.59 Å². The number of fused-ring (bicyclic) bond motifs is 2. The Kier molecular flexibility index (Phi) is 21.0. The number of unbranched alkanes of at least 4 members (excludes halogenated alkanes) is 1. The number of aliphatic hydroxyl groups excluding tert-OH is 4. The van der Waals surface area contributed by atoms with E-state index >= 15 is 0 Å². The molecular weight excluding hydrogens is 719 g/mol. The fraction of sp³-hybridized carbons (Fsp3) is 0.444. The van der Waals surface area contributed by atoms with Gasteiger partial charge in [0.05, 0.1) is 47.5 Å². The highest BCUT2D eigenvalue weighted by molar-refractivity contribution is 6.33. The first-order valence-electron chi connectivity index (χ1n) is 16.7. The number of Topliss-reactive ketones (excluding diaryl/α,β-unsaturated/α-hetero) is 1. The van der Waals surface area contributed by atoms with E-state index in [4.69, 9.17) is 10.2 Å². The lowest BCUT2D eigenvalue weighted by molar-refractivity contribution is -0.146. The van der Waals surface area contributed by atoms with Crippen molar-refractivity contribution in [2.24, 2.45) is 11.8 Å². The van der Waals surface area contributed by atoms with Crippen molar-refractivity contribution in [3.63, 3.8) is 0 Å². The summed E-state index contributed by atoms with van der Waals surface area (Å²) >= 11 is 0. The summed E-state index contributed by atoms with van der Waals surface area (Å²) in [5.74, 6) is -3.63. The second-order valence-electron chi connectivity index (χ2n) is 11.8. The minimum absolute atomic E-state index is 0. The summed E-state index contributed by atoms with van der Waals surface area (Å²) in [6.45, 7) is 4.89. The normalized spacial score (nSPS) is 19.2. The fourth-order valence-electron chi connectivity index (χ4n) is 5.71. The van der Waals surface area contributed by atoms with Crippen LogP contribution in [0.15, 0.2) is 48.6 Å². The van der Waals surface area contributed by atoms with E-state index in [9.17, 15) is 39.6 Å². The van der Waals surface area contributed by atoms with Crippen LogP contribution in [0.4, 0.5) is 11.4 Å². The van der Waals surface area contributed by atoms with Gasteiger partial charge in [-0.1, -0.05) is 37.6 Å². The van der Waals surface area contributed by atoms with Crippen molar-refractivity contribution in [2.75, 3.05) is 63.1 Å². The van der Waals surface area contributed by atoms with E-state index in [0.29, 0.717) is 56.9 Å². The molecule has 0 amide bonds. The van der Waals surface area contributed by atoms with Crippen molar-refractivity contribution in [2.45, 2.75) is 38.4 Å². The molecule has 0 heterocycles. The summed E-state index contributed by atoms with van der Waals surface area (Å²) in [6, 6.07) is 5.74. The summed E-state index contributed by atoms with van der Waals surface area (Å²) < 4.78 is 0. The Balaban J connectivity index is 0.000000580. The SMILES string of the molecule is CCCC=CC=CC1CC(O)C(O)C(=O)C1C=O.Cl.Cl.O=C1c2c(O)ccc(O)c2C(=O)c2c(NCCNCCO)ccc(NCCNCCO)c21. The summed E-state index contributed by atoms with van der Waals surface area (Å²) in [7, 11) is 0. The van der Waals surface area contributed by atoms with Crippen molar-refractivity contribution in [1.82, 2.24) is 10.6 Å². The minimum atomic E-state index is -1.43. The number of carbonyl (C=O) groups excluding carboxylic acids is 4. The van der Waals surface area contributed by atoms with Crippen molar-refractivity contribution in [3.05, 3.63) is 70.8 Å². The van der Waals surface area contributed by atoms with Crippen LogP contribution in [0.5, 0.6) is 11.5 Å². The molecule has 2 aliphatic rings. The Morgan fingerprint density at radius 2 is 1.23 bits per heavy atom. The fourth-order valence-corrected chi connectivity index (χ4v) is 5.71. The minimum Gasteiger partial charge on any atom is -0.507 e. The molecule has 52 heavy (non-hydrogen) atoms. The lowest BCUT2D eigenvalue weighted by atomic mass is 9.76. The number of phenols is 2. The van der Waals surface area contributed by atoms with Gasteiger partial charge in [0, 0.05) is 50.6 Å². The Morgan fingerprint density at radius 3 is 1.67 bits per heavy atom. The van der Waals surface area contributed by atoms with E-state index < -0.39 is 35.5 Å². The van der Waals surface area contributed by atoms with Crippen LogP contribution in [0.1, 0.15) is 58.0 Å². The molecule has 2 aliphatic carbocycles. The Labute approximate surface area is 315 Å². The Morgan fingerprint density at radius 1 is 0.731 bits per heavy atom.